The average molecular weight is 342 g/mol. The van der Waals surface area contributed by atoms with Crippen molar-refractivity contribution in [2.45, 2.75) is 25.2 Å². The van der Waals surface area contributed by atoms with Crippen LogP contribution in [0.2, 0.25) is 0 Å². The second kappa shape index (κ2) is 7.65. The Hall–Kier alpha value is -1.80. The molecule has 0 unspecified atom stereocenters. The third-order valence-electron chi connectivity index (χ3n) is 3.40. The first-order valence-electron chi connectivity index (χ1n) is 7.65. The van der Waals surface area contributed by atoms with Crippen LogP contribution >= 0.6 is 0 Å². The Bertz CT molecular complexity index is 660. The predicted molar refractivity (Wildman–Crippen MR) is 85.2 cm³/mol. The van der Waals surface area contributed by atoms with Crippen LogP contribution in [0, 0.1) is 0 Å². The van der Waals surface area contributed by atoms with E-state index in [4.69, 9.17) is 9.47 Å². The molecule has 2 rings (SSSR count). The lowest BCUT2D eigenvalue weighted by atomic mass is 10.3. The maximum atomic E-state index is 12.7. The van der Waals surface area contributed by atoms with Gasteiger partial charge in [0.15, 0.2) is 11.5 Å². The van der Waals surface area contributed by atoms with E-state index in [1.807, 2.05) is 0 Å². The van der Waals surface area contributed by atoms with E-state index in [1.54, 1.807) is 19.9 Å². The fraction of sp³-hybridized carbons (Fsp3) is 0.533. The third-order valence-corrected chi connectivity index (χ3v) is 5.32. The fourth-order valence-corrected chi connectivity index (χ4v) is 3.65. The summed E-state index contributed by atoms with van der Waals surface area (Å²) in [6, 6.07) is 4.52. The molecular weight excluding hydrogens is 320 g/mol. The molecule has 1 amide bonds. The summed E-state index contributed by atoms with van der Waals surface area (Å²) in [6.07, 6.45) is 0.745. The van der Waals surface area contributed by atoms with E-state index < -0.39 is 10.0 Å². The van der Waals surface area contributed by atoms with Crippen LogP contribution in [0.3, 0.4) is 0 Å². The minimum Gasteiger partial charge on any atom is -0.490 e. The molecule has 128 valence electrons. The zero-order chi connectivity index (χ0) is 16.9. The van der Waals surface area contributed by atoms with Gasteiger partial charge in [-0.2, -0.15) is 4.31 Å². The molecule has 1 aliphatic heterocycles. The molecule has 0 saturated carbocycles. The first-order chi connectivity index (χ1) is 11.0. The molecule has 0 aliphatic carbocycles. The lowest BCUT2D eigenvalue weighted by Gasteiger charge is -2.20. The molecule has 0 bridgehead atoms. The van der Waals surface area contributed by atoms with E-state index in [9.17, 15) is 13.2 Å². The largest absolute Gasteiger partial charge is 0.490 e. The van der Waals surface area contributed by atoms with E-state index >= 15 is 0 Å². The summed E-state index contributed by atoms with van der Waals surface area (Å²) >= 11 is 0. The molecule has 0 fully saturated rings. The summed E-state index contributed by atoms with van der Waals surface area (Å²) in [5, 5.41) is 2.60. The van der Waals surface area contributed by atoms with Crippen molar-refractivity contribution in [2.24, 2.45) is 0 Å². The minimum atomic E-state index is -3.77. The molecule has 1 aromatic rings. The van der Waals surface area contributed by atoms with Gasteiger partial charge >= 0.3 is 0 Å². The second-order valence-corrected chi connectivity index (χ2v) is 6.98. The average Bonchev–Trinajstić information content (AvgIpc) is 2.77. The highest BCUT2D eigenvalue weighted by molar-refractivity contribution is 7.89. The minimum absolute atomic E-state index is 0.0906. The summed E-state index contributed by atoms with van der Waals surface area (Å²) in [7, 11) is -3.77. The highest BCUT2D eigenvalue weighted by Gasteiger charge is 2.26. The van der Waals surface area contributed by atoms with Crippen molar-refractivity contribution >= 4 is 15.9 Å². The van der Waals surface area contributed by atoms with Crippen molar-refractivity contribution in [3.8, 4) is 11.5 Å². The first-order valence-corrected chi connectivity index (χ1v) is 9.09. The van der Waals surface area contributed by atoms with Gasteiger partial charge in [0.05, 0.1) is 24.7 Å². The van der Waals surface area contributed by atoms with Gasteiger partial charge in [0.25, 0.3) is 0 Å². The number of amides is 1. The summed E-state index contributed by atoms with van der Waals surface area (Å²) in [4.78, 5) is 11.8. The fourth-order valence-electron chi connectivity index (χ4n) is 2.23. The van der Waals surface area contributed by atoms with Gasteiger partial charge < -0.3 is 14.8 Å². The third kappa shape index (κ3) is 4.14. The number of nitrogens with zero attached hydrogens (tertiary/aromatic N) is 1. The van der Waals surface area contributed by atoms with Crippen LogP contribution in [0.15, 0.2) is 23.1 Å². The number of benzene rings is 1. The number of ether oxygens (including phenoxy) is 2. The Morgan fingerprint density at radius 2 is 1.91 bits per heavy atom. The predicted octanol–water partition coefficient (Wildman–Crippen LogP) is 0.995. The molecule has 0 aromatic heterocycles. The summed E-state index contributed by atoms with van der Waals surface area (Å²) < 4.78 is 37.6. The zero-order valence-corrected chi connectivity index (χ0v) is 14.2. The quantitative estimate of drug-likeness (QED) is 0.833. The van der Waals surface area contributed by atoms with E-state index in [0.717, 1.165) is 10.7 Å². The van der Waals surface area contributed by atoms with E-state index in [-0.39, 0.29) is 23.9 Å². The monoisotopic (exact) mass is 342 g/mol. The van der Waals surface area contributed by atoms with E-state index in [1.165, 1.54) is 12.1 Å². The Balaban J connectivity index is 2.27. The number of carbonyl (C=O) groups excluding carboxylic acids is 1. The van der Waals surface area contributed by atoms with Gasteiger partial charge in [-0.25, -0.2) is 8.42 Å². The zero-order valence-electron chi connectivity index (χ0n) is 13.4. The van der Waals surface area contributed by atoms with Crippen LogP contribution in [0.4, 0.5) is 0 Å². The van der Waals surface area contributed by atoms with E-state index in [0.29, 0.717) is 31.3 Å². The van der Waals surface area contributed by atoms with Crippen LogP contribution in [0.5, 0.6) is 11.5 Å². The number of fused-ring (bicyclic) bond motifs is 1. The number of carbonyl (C=O) groups is 1. The molecular formula is C15H22N2O5S. The maximum absolute atomic E-state index is 12.7. The number of nitrogens with one attached hydrogen (secondary N) is 1. The van der Waals surface area contributed by atoms with Crippen molar-refractivity contribution in [2.75, 3.05) is 32.8 Å². The van der Waals surface area contributed by atoms with Gasteiger partial charge in [-0.1, -0.05) is 6.92 Å². The van der Waals surface area contributed by atoms with Crippen LogP contribution in [-0.2, 0) is 14.8 Å². The van der Waals surface area contributed by atoms with Crippen LogP contribution < -0.4 is 14.8 Å². The van der Waals surface area contributed by atoms with Crippen molar-refractivity contribution < 1.29 is 22.7 Å². The Morgan fingerprint density at radius 1 is 1.22 bits per heavy atom. The summed E-state index contributed by atoms with van der Waals surface area (Å²) in [5.41, 5.74) is 0. The number of rotatable bonds is 6. The normalized spacial score (nSPS) is 14.4. The van der Waals surface area contributed by atoms with Crippen LogP contribution in [0.25, 0.3) is 0 Å². The molecule has 1 aromatic carbocycles. The van der Waals surface area contributed by atoms with Gasteiger partial charge in [0.2, 0.25) is 15.9 Å². The Morgan fingerprint density at radius 3 is 2.57 bits per heavy atom. The molecule has 7 nitrogen and oxygen atoms in total. The van der Waals surface area contributed by atoms with Crippen molar-refractivity contribution in [1.29, 1.82) is 0 Å². The smallest absolute Gasteiger partial charge is 0.243 e. The van der Waals surface area contributed by atoms with Crippen LogP contribution in [0.1, 0.15) is 20.3 Å². The number of hydrogen-bond acceptors (Lipinski definition) is 5. The molecule has 0 saturated heterocycles. The number of likely N-dealkylation sites (N-methyl/N-ethyl adjacent to an activating group) is 2. The van der Waals surface area contributed by atoms with Gasteiger partial charge in [-0.3, -0.25) is 4.79 Å². The second-order valence-electron chi connectivity index (χ2n) is 5.04. The number of hydrogen-bond donors (Lipinski definition) is 1. The highest BCUT2D eigenvalue weighted by atomic mass is 32.2. The first kappa shape index (κ1) is 17.6. The Labute approximate surface area is 136 Å². The lowest BCUT2D eigenvalue weighted by Crippen LogP contribution is -2.40. The van der Waals surface area contributed by atoms with Gasteiger partial charge in [0, 0.05) is 25.6 Å². The van der Waals surface area contributed by atoms with Gasteiger partial charge in [-0.15, -0.1) is 0 Å². The van der Waals surface area contributed by atoms with Crippen LogP contribution in [-0.4, -0.2) is 51.5 Å². The molecule has 1 N–H and O–H groups in total. The van der Waals surface area contributed by atoms with Crippen molar-refractivity contribution in [1.82, 2.24) is 9.62 Å². The maximum Gasteiger partial charge on any atom is 0.243 e. The number of sulfonamides is 1. The van der Waals surface area contributed by atoms with Crippen molar-refractivity contribution in [3.05, 3.63) is 18.2 Å². The summed E-state index contributed by atoms with van der Waals surface area (Å²) in [6.45, 7) is 4.95. The molecule has 0 spiro atoms. The van der Waals surface area contributed by atoms with Crippen molar-refractivity contribution in [3.63, 3.8) is 0 Å². The molecule has 0 atom stereocenters. The lowest BCUT2D eigenvalue weighted by molar-refractivity contribution is -0.121. The Kier molecular flexibility index (Phi) is 5.84. The molecule has 8 heteroatoms. The highest BCUT2D eigenvalue weighted by Crippen LogP contribution is 2.32. The van der Waals surface area contributed by atoms with Gasteiger partial charge in [0.1, 0.15) is 0 Å². The van der Waals surface area contributed by atoms with E-state index in [2.05, 4.69) is 5.32 Å². The molecule has 1 heterocycles. The molecule has 23 heavy (non-hydrogen) atoms. The standard InChI is InChI=1S/C15H22N2O5S/c1-3-16-15(18)11-17(4-2)23(19,20)12-6-7-13-14(10-12)22-9-5-8-21-13/h6-7,10H,3-5,8-9,11H2,1-2H3,(H,16,18). The summed E-state index contributed by atoms with van der Waals surface area (Å²) in [5.74, 6) is 0.623. The topological polar surface area (TPSA) is 84.9 Å². The molecule has 1 aliphatic rings. The van der Waals surface area contributed by atoms with Gasteiger partial charge in [-0.05, 0) is 19.1 Å². The SMILES string of the molecule is CCNC(=O)CN(CC)S(=O)(=O)c1ccc2c(c1)OCCCO2. The molecule has 0 radical (unpaired) electrons.